The molecular formula is C5H7FO2. The molecule has 1 N–H and O–H groups in total. The number of hydrogen-bond acceptors (Lipinski definition) is 2. The van der Waals surface area contributed by atoms with Gasteiger partial charge in [0.2, 0.25) is 0 Å². The quantitative estimate of drug-likeness (QED) is 0.430. The lowest BCUT2D eigenvalue weighted by Gasteiger charge is -1.81. The summed E-state index contributed by atoms with van der Waals surface area (Å²) in [5.41, 5.74) is 0. The first-order valence-electron chi connectivity index (χ1n) is 2.23. The lowest BCUT2D eigenvalue weighted by Crippen LogP contribution is -1.79. The molecule has 0 aromatic heterocycles. The van der Waals surface area contributed by atoms with Crippen LogP contribution < -0.4 is 0 Å². The summed E-state index contributed by atoms with van der Waals surface area (Å²) < 4.78 is 11.7. The van der Waals surface area contributed by atoms with Crippen molar-refractivity contribution in [1.82, 2.24) is 0 Å². The zero-order valence-electron chi connectivity index (χ0n) is 4.30. The number of allylic oxidation sites excluding steroid dienone is 1. The Labute approximate surface area is 46.6 Å². The first kappa shape index (κ1) is 7.30. The van der Waals surface area contributed by atoms with Crippen molar-refractivity contribution in [2.75, 3.05) is 6.61 Å². The van der Waals surface area contributed by atoms with Gasteiger partial charge >= 0.3 is 0 Å². The molecule has 0 bridgehead atoms. The molecule has 0 aliphatic rings. The predicted octanol–water partition coefficient (Wildman–Crippen LogP) is 0.421. The molecule has 0 spiro atoms. The highest BCUT2D eigenvalue weighted by Gasteiger charge is 1.85. The molecule has 0 aromatic carbocycles. The van der Waals surface area contributed by atoms with Crippen LogP contribution in [0.3, 0.4) is 0 Å². The van der Waals surface area contributed by atoms with Crippen molar-refractivity contribution in [1.29, 1.82) is 0 Å². The van der Waals surface area contributed by atoms with Crippen LogP contribution in [0.25, 0.3) is 0 Å². The van der Waals surface area contributed by atoms with Gasteiger partial charge in [0.1, 0.15) is 0 Å². The zero-order chi connectivity index (χ0) is 6.41. The Balaban J connectivity index is 3.40. The van der Waals surface area contributed by atoms with Crippen LogP contribution in [0, 0.1) is 0 Å². The molecule has 0 saturated heterocycles. The molecule has 0 aliphatic carbocycles. The fourth-order valence-electron chi connectivity index (χ4n) is 0.251. The van der Waals surface area contributed by atoms with E-state index < -0.39 is 5.83 Å². The van der Waals surface area contributed by atoms with Crippen LogP contribution in [-0.4, -0.2) is 18.0 Å². The maximum Gasteiger partial charge on any atom is 0.178 e. The molecular weight excluding hydrogens is 111 g/mol. The van der Waals surface area contributed by atoms with Gasteiger partial charge < -0.3 is 5.11 Å². The summed E-state index contributed by atoms with van der Waals surface area (Å²) in [6, 6.07) is 0. The standard InChI is InChI=1S/C5H7FO2/c6-5(4-8)2-1-3-7/h2,4,7H,1,3H2/b5-2-. The topological polar surface area (TPSA) is 37.3 Å². The first-order chi connectivity index (χ1) is 3.81. The van der Waals surface area contributed by atoms with Gasteiger partial charge in [0.15, 0.2) is 12.1 Å². The van der Waals surface area contributed by atoms with Crippen molar-refractivity contribution in [3.05, 3.63) is 11.9 Å². The molecule has 3 heteroatoms. The van der Waals surface area contributed by atoms with Gasteiger partial charge in [-0.2, -0.15) is 0 Å². The summed E-state index contributed by atoms with van der Waals surface area (Å²) in [5.74, 6) is -0.820. The third-order valence-corrected chi connectivity index (χ3v) is 0.581. The van der Waals surface area contributed by atoms with Gasteiger partial charge in [-0.25, -0.2) is 4.39 Å². The molecule has 0 radical (unpaired) electrons. The monoisotopic (exact) mass is 118 g/mol. The number of carbonyl (C=O) groups excluding carboxylic acids is 1. The van der Waals surface area contributed by atoms with Gasteiger partial charge in [-0.15, -0.1) is 0 Å². The maximum atomic E-state index is 11.7. The molecule has 8 heavy (non-hydrogen) atoms. The minimum atomic E-state index is -0.820. The maximum absolute atomic E-state index is 11.7. The number of hydrogen-bond donors (Lipinski definition) is 1. The Morgan fingerprint density at radius 2 is 2.38 bits per heavy atom. The van der Waals surface area contributed by atoms with E-state index in [0.29, 0.717) is 0 Å². The van der Waals surface area contributed by atoms with Gasteiger partial charge in [0.05, 0.1) is 0 Å². The van der Waals surface area contributed by atoms with Crippen LogP contribution in [-0.2, 0) is 4.79 Å². The van der Waals surface area contributed by atoms with Crippen LogP contribution in [0.2, 0.25) is 0 Å². The van der Waals surface area contributed by atoms with Crippen molar-refractivity contribution in [3.63, 3.8) is 0 Å². The van der Waals surface area contributed by atoms with Gasteiger partial charge in [-0.1, -0.05) is 0 Å². The Morgan fingerprint density at radius 3 is 2.75 bits per heavy atom. The van der Waals surface area contributed by atoms with E-state index in [2.05, 4.69) is 0 Å². The second kappa shape index (κ2) is 4.46. The molecule has 46 valence electrons. The Hall–Kier alpha value is -0.700. The zero-order valence-corrected chi connectivity index (χ0v) is 4.30. The molecule has 2 nitrogen and oxygen atoms in total. The number of aliphatic hydroxyl groups excluding tert-OH is 1. The molecule has 0 amide bonds. The van der Waals surface area contributed by atoms with Crippen LogP contribution in [0.1, 0.15) is 6.42 Å². The highest BCUT2D eigenvalue weighted by molar-refractivity contribution is 5.69. The molecule has 0 aliphatic heterocycles. The van der Waals surface area contributed by atoms with Crippen molar-refractivity contribution < 1.29 is 14.3 Å². The van der Waals surface area contributed by atoms with Crippen molar-refractivity contribution >= 4 is 6.29 Å². The van der Waals surface area contributed by atoms with E-state index in [9.17, 15) is 9.18 Å². The Kier molecular flexibility index (Phi) is 4.07. The van der Waals surface area contributed by atoms with Crippen molar-refractivity contribution in [3.8, 4) is 0 Å². The largest absolute Gasteiger partial charge is 0.396 e. The van der Waals surface area contributed by atoms with E-state index in [4.69, 9.17) is 5.11 Å². The highest BCUT2D eigenvalue weighted by atomic mass is 19.1. The summed E-state index contributed by atoms with van der Waals surface area (Å²) in [7, 11) is 0. The molecule has 0 atom stereocenters. The SMILES string of the molecule is O=C/C(F)=C/CCO. The number of aldehydes is 1. The Morgan fingerprint density at radius 1 is 1.75 bits per heavy atom. The van der Waals surface area contributed by atoms with Crippen LogP contribution in [0.4, 0.5) is 4.39 Å². The lowest BCUT2D eigenvalue weighted by atomic mass is 10.4. The van der Waals surface area contributed by atoms with Crippen molar-refractivity contribution in [2.24, 2.45) is 0 Å². The highest BCUT2D eigenvalue weighted by Crippen LogP contribution is 1.91. The van der Waals surface area contributed by atoms with Crippen LogP contribution in [0.5, 0.6) is 0 Å². The summed E-state index contributed by atoms with van der Waals surface area (Å²) in [5, 5.41) is 8.08. The van der Waals surface area contributed by atoms with Gasteiger partial charge in [0.25, 0.3) is 0 Å². The second-order valence-corrected chi connectivity index (χ2v) is 1.22. The molecule has 0 heterocycles. The number of rotatable bonds is 3. The number of halogens is 1. The average Bonchev–Trinajstić information content (AvgIpc) is 1.83. The van der Waals surface area contributed by atoms with Crippen LogP contribution in [0.15, 0.2) is 11.9 Å². The van der Waals surface area contributed by atoms with Crippen molar-refractivity contribution in [2.45, 2.75) is 6.42 Å². The average molecular weight is 118 g/mol. The van der Waals surface area contributed by atoms with E-state index in [1.54, 1.807) is 0 Å². The second-order valence-electron chi connectivity index (χ2n) is 1.22. The summed E-state index contributed by atoms with van der Waals surface area (Å²) in [6.07, 6.45) is 1.34. The normalized spacial score (nSPS) is 11.5. The fraction of sp³-hybridized carbons (Fsp3) is 0.400. The summed E-state index contributed by atoms with van der Waals surface area (Å²) >= 11 is 0. The van der Waals surface area contributed by atoms with Crippen LogP contribution >= 0.6 is 0 Å². The molecule has 0 saturated carbocycles. The molecule has 0 unspecified atom stereocenters. The number of aliphatic hydroxyl groups is 1. The fourth-order valence-corrected chi connectivity index (χ4v) is 0.251. The van der Waals surface area contributed by atoms with Gasteiger partial charge in [0, 0.05) is 6.61 Å². The number of carbonyl (C=O) groups is 1. The third-order valence-electron chi connectivity index (χ3n) is 0.581. The lowest BCUT2D eigenvalue weighted by molar-refractivity contribution is -0.106. The van der Waals surface area contributed by atoms with E-state index in [1.807, 2.05) is 0 Å². The van der Waals surface area contributed by atoms with E-state index in [1.165, 1.54) is 0 Å². The predicted molar refractivity (Wildman–Crippen MR) is 27.0 cm³/mol. The van der Waals surface area contributed by atoms with Gasteiger partial charge in [-0.05, 0) is 12.5 Å². The summed E-state index contributed by atoms with van der Waals surface area (Å²) in [4.78, 5) is 9.49. The van der Waals surface area contributed by atoms with E-state index in [0.717, 1.165) is 6.08 Å². The van der Waals surface area contributed by atoms with Gasteiger partial charge in [-0.3, -0.25) is 4.79 Å². The molecule has 0 rings (SSSR count). The molecule has 0 aromatic rings. The summed E-state index contributed by atoms with van der Waals surface area (Å²) in [6.45, 7) is -0.124. The third kappa shape index (κ3) is 3.49. The smallest absolute Gasteiger partial charge is 0.178 e. The minimum Gasteiger partial charge on any atom is -0.396 e. The minimum absolute atomic E-state index is 0.107. The first-order valence-corrected chi connectivity index (χ1v) is 2.23. The van der Waals surface area contributed by atoms with E-state index >= 15 is 0 Å². The van der Waals surface area contributed by atoms with E-state index in [-0.39, 0.29) is 19.3 Å². The Bertz CT molecular complexity index is 98.6. The molecule has 0 fully saturated rings.